The summed E-state index contributed by atoms with van der Waals surface area (Å²) in [6.45, 7) is 6.49. The minimum Gasteiger partial charge on any atom is -0.370 e. The molecule has 0 aromatic rings. The first kappa shape index (κ1) is 15.6. The molecule has 1 heterocycles. The summed E-state index contributed by atoms with van der Waals surface area (Å²) in [5.41, 5.74) is 0. The Labute approximate surface area is 110 Å². The van der Waals surface area contributed by atoms with E-state index in [0.717, 1.165) is 0 Å². The Balaban J connectivity index is 2.34. The van der Waals surface area contributed by atoms with Crippen LogP contribution in [-0.4, -0.2) is 50.1 Å². The summed E-state index contributed by atoms with van der Waals surface area (Å²) in [4.78, 5) is 11.4. The highest BCUT2D eigenvalue weighted by molar-refractivity contribution is 7.89. The Bertz CT molecular complexity index is 370. The lowest BCUT2D eigenvalue weighted by atomic mass is 10.1. The van der Waals surface area contributed by atoms with Gasteiger partial charge in [0.25, 0.3) is 0 Å². The van der Waals surface area contributed by atoms with Gasteiger partial charge in [-0.05, 0) is 19.8 Å². The minimum atomic E-state index is -3.08. The molecule has 0 amide bonds. The second-order valence-corrected chi connectivity index (χ2v) is 7.19. The molecule has 106 valence electrons. The summed E-state index contributed by atoms with van der Waals surface area (Å²) in [7, 11) is -3.08. The molecule has 5 nitrogen and oxygen atoms in total. The van der Waals surface area contributed by atoms with Crippen molar-refractivity contribution in [3.05, 3.63) is 0 Å². The summed E-state index contributed by atoms with van der Waals surface area (Å²) in [6, 6.07) is 0. The average Bonchev–Trinajstić information content (AvgIpc) is 2.36. The highest BCUT2D eigenvalue weighted by Gasteiger charge is 2.27. The van der Waals surface area contributed by atoms with Crippen LogP contribution in [0.2, 0.25) is 0 Å². The van der Waals surface area contributed by atoms with Crippen LogP contribution in [0.15, 0.2) is 0 Å². The Hall–Kier alpha value is -0.460. The van der Waals surface area contributed by atoms with E-state index in [9.17, 15) is 13.2 Å². The average molecular weight is 277 g/mol. The van der Waals surface area contributed by atoms with Crippen LogP contribution < -0.4 is 0 Å². The first-order valence-electron chi connectivity index (χ1n) is 6.49. The van der Waals surface area contributed by atoms with Gasteiger partial charge in [-0.15, -0.1) is 0 Å². The van der Waals surface area contributed by atoms with Crippen LogP contribution >= 0.6 is 0 Å². The summed E-state index contributed by atoms with van der Waals surface area (Å²) >= 11 is 0. The van der Waals surface area contributed by atoms with Crippen molar-refractivity contribution in [3.8, 4) is 0 Å². The third kappa shape index (κ3) is 4.33. The predicted octanol–water partition coefficient (Wildman–Crippen LogP) is 1.04. The van der Waals surface area contributed by atoms with Gasteiger partial charge in [-0.25, -0.2) is 12.7 Å². The van der Waals surface area contributed by atoms with E-state index >= 15 is 0 Å². The molecule has 0 aromatic heterocycles. The fourth-order valence-corrected chi connectivity index (χ4v) is 2.96. The number of nitrogens with zero attached hydrogens (tertiary/aromatic N) is 1. The summed E-state index contributed by atoms with van der Waals surface area (Å²) in [6.07, 6.45) is 1.35. The maximum Gasteiger partial charge on any atom is 0.213 e. The molecule has 1 rings (SSSR count). The number of Topliss-reactive ketones (excluding diaryl/α,β-unsaturated/α-hetero) is 1. The van der Waals surface area contributed by atoms with Crippen molar-refractivity contribution in [1.29, 1.82) is 0 Å². The molecule has 1 aliphatic rings. The fraction of sp³-hybridized carbons (Fsp3) is 0.917. The van der Waals surface area contributed by atoms with E-state index in [0.29, 0.717) is 25.9 Å². The van der Waals surface area contributed by atoms with Gasteiger partial charge in [0, 0.05) is 19.0 Å². The molecule has 0 spiro atoms. The van der Waals surface area contributed by atoms with Gasteiger partial charge in [-0.1, -0.05) is 13.8 Å². The topological polar surface area (TPSA) is 63.7 Å². The number of carbonyl (C=O) groups excluding carboxylic acids is 1. The van der Waals surface area contributed by atoms with Crippen LogP contribution in [0.1, 0.15) is 33.6 Å². The van der Waals surface area contributed by atoms with Gasteiger partial charge in [-0.3, -0.25) is 4.79 Å². The van der Waals surface area contributed by atoms with Crippen molar-refractivity contribution in [1.82, 2.24) is 4.31 Å². The number of piperidine rings is 1. The van der Waals surface area contributed by atoms with Crippen LogP contribution in [0.5, 0.6) is 0 Å². The smallest absolute Gasteiger partial charge is 0.213 e. The van der Waals surface area contributed by atoms with E-state index in [2.05, 4.69) is 0 Å². The Morgan fingerprint density at radius 1 is 1.33 bits per heavy atom. The summed E-state index contributed by atoms with van der Waals surface area (Å²) in [5, 5.41) is 0. The van der Waals surface area contributed by atoms with Gasteiger partial charge in [0.1, 0.15) is 6.61 Å². The van der Waals surface area contributed by atoms with E-state index in [4.69, 9.17) is 4.74 Å². The molecule has 1 aliphatic heterocycles. The minimum absolute atomic E-state index is 0.00874. The van der Waals surface area contributed by atoms with Crippen LogP contribution in [0, 0.1) is 5.92 Å². The van der Waals surface area contributed by atoms with Crippen molar-refractivity contribution < 1.29 is 17.9 Å². The lowest BCUT2D eigenvalue weighted by molar-refractivity contribution is -0.129. The number of sulfonamides is 1. The van der Waals surface area contributed by atoms with Crippen LogP contribution in [-0.2, 0) is 19.6 Å². The van der Waals surface area contributed by atoms with Gasteiger partial charge in [-0.2, -0.15) is 0 Å². The van der Waals surface area contributed by atoms with E-state index < -0.39 is 10.0 Å². The molecule has 18 heavy (non-hydrogen) atoms. The zero-order chi connectivity index (χ0) is 13.8. The van der Waals surface area contributed by atoms with Crippen LogP contribution in [0.3, 0.4) is 0 Å². The monoisotopic (exact) mass is 277 g/mol. The van der Waals surface area contributed by atoms with Gasteiger partial charge < -0.3 is 4.74 Å². The normalized spacial score (nSPS) is 19.3. The zero-order valence-electron chi connectivity index (χ0n) is 11.4. The third-order valence-electron chi connectivity index (χ3n) is 3.26. The molecule has 0 radical (unpaired) electrons. The van der Waals surface area contributed by atoms with Gasteiger partial charge in [0.15, 0.2) is 5.78 Å². The standard InChI is InChI=1S/C12H23NO4S/c1-4-18(15,16)13-7-5-11(6-8-13)17-9-12(14)10(2)3/h10-11H,4-9H2,1-3H3. The number of rotatable bonds is 6. The number of carbonyl (C=O) groups is 1. The molecule has 0 saturated carbocycles. The number of ketones is 1. The number of hydrogen-bond acceptors (Lipinski definition) is 4. The van der Waals surface area contributed by atoms with Gasteiger partial charge in [0.2, 0.25) is 10.0 Å². The Kier molecular flexibility index (Phi) is 5.75. The Morgan fingerprint density at radius 2 is 1.89 bits per heavy atom. The maximum absolute atomic E-state index is 11.6. The molecule has 0 bridgehead atoms. The summed E-state index contributed by atoms with van der Waals surface area (Å²) < 4.78 is 30.3. The SMILES string of the molecule is CCS(=O)(=O)N1CCC(OCC(=O)C(C)C)CC1. The van der Waals surface area contributed by atoms with Gasteiger partial charge >= 0.3 is 0 Å². The lowest BCUT2D eigenvalue weighted by Gasteiger charge is -2.30. The van der Waals surface area contributed by atoms with Crippen molar-refractivity contribution in [2.45, 2.75) is 39.7 Å². The van der Waals surface area contributed by atoms with E-state index in [-0.39, 0.29) is 30.2 Å². The molecule has 0 N–H and O–H groups in total. The molecule has 6 heteroatoms. The second-order valence-electron chi connectivity index (χ2n) is 4.93. The van der Waals surface area contributed by atoms with Crippen molar-refractivity contribution >= 4 is 15.8 Å². The molecular weight excluding hydrogens is 254 g/mol. The van der Waals surface area contributed by atoms with Crippen molar-refractivity contribution in [2.24, 2.45) is 5.92 Å². The largest absolute Gasteiger partial charge is 0.370 e. The van der Waals surface area contributed by atoms with Crippen LogP contribution in [0.4, 0.5) is 0 Å². The first-order valence-corrected chi connectivity index (χ1v) is 8.10. The quantitative estimate of drug-likeness (QED) is 0.728. The lowest BCUT2D eigenvalue weighted by Crippen LogP contribution is -2.42. The molecule has 0 aromatic carbocycles. The first-order chi connectivity index (χ1) is 8.36. The maximum atomic E-state index is 11.6. The molecule has 1 fully saturated rings. The molecule has 1 saturated heterocycles. The highest BCUT2D eigenvalue weighted by atomic mass is 32.2. The second kappa shape index (κ2) is 6.63. The molecule has 0 unspecified atom stereocenters. The van der Waals surface area contributed by atoms with Gasteiger partial charge in [0.05, 0.1) is 11.9 Å². The fourth-order valence-electron chi connectivity index (χ4n) is 1.83. The van der Waals surface area contributed by atoms with Crippen molar-refractivity contribution in [2.75, 3.05) is 25.4 Å². The molecular formula is C12H23NO4S. The zero-order valence-corrected chi connectivity index (χ0v) is 12.2. The third-order valence-corrected chi connectivity index (χ3v) is 5.15. The predicted molar refractivity (Wildman–Crippen MR) is 69.9 cm³/mol. The van der Waals surface area contributed by atoms with E-state index in [1.54, 1.807) is 6.92 Å². The van der Waals surface area contributed by atoms with E-state index in [1.165, 1.54) is 4.31 Å². The number of hydrogen-bond donors (Lipinski definition) is 0. The molecule has 0 atom stereocenters. The highest BCUT2D eigenvalue weighted by Crippen LogP contribution is 2.17. The Morgan fingerprint density at radius 3 is 2.33 bits per heavy atom. The van der Waals surface area contributed by atoms with Crippen LogP contribution in [0.25, 0.3) is 0 Å². The summed E-state index contributed by atoms with van der Waals surface area (Å²) in [5.74, 6) is 0.230. The number of ether oxygens (including phenoxy) is 1. The molecule has 0 aliphatic carbocycles. The van der Waals surface area contributed by atoms with Crippen molar-refractivity contribution in [3.63, 3.8) is 0 Å². The van der Waals surface area contributed by atoms with E-state index in [1.807, 2.05) is 13.8 Å².